The van der Waals surface area contributed by atoms with E-state index in [1.54, 1.807) is 12.4 Å². The highest BCUT2D eigenvalue weighted by molar-refractivity contribution is 5.95. The molecule has 1 N–H and O–H groups in total. The molecule has 0 spiro atoms. The quantitative estimate of drug-likeness (QED) is 0.671. The molecule has 1 heterocycles. The molecule has 1 aromatic heterocycles. The predicted molar refractivity (Wildman–Crippen MR) is 72.7 cm³/mol. The average molecular weight is 290 g/mol. The fourth-order valence-electron chi connectivity index (χ4n) is 2.00. The number of carbonyl (C=O) groups is 1. The monoisotopic (exact) mass is 290 g/mol. The second kappa shape index (κ2) is 4.97. The standard InChI is InChI=1S/C15H9F3N2O/c16-11-5-6-12(14(18)13(11)17)19-15(21)20-7-9-3-1-2-4-10(9)8-20/h1-8H,(H,19,21). The van der Waals surface area contributed by atoms with Crippen molar-refractivity contribution in [2.75, 3.05) is 5.32 Å². The number of halogens is 3. The summed E-state index contributed by atoms with van der Waals surface area (Å²) in [5.41, 5.74) is -0.420. The molecule has 0 fully saturated rings. The first kappa shape index (κ1) is 13.2. The molecule has 0 aliphatic heterocycles. The number of nitrogens with one attached hydrogen (secondary N) is 1. The number of hydrogen-bond donors (Lipinski definition) is 1. The molecule has 0 radical (unpaired) electrons. The Morgan fingerprint density at radius 1 is 0.905 bits per heavy atom. The minimum atomic E-state index is -1.62. The second-order valence-corrected chi connectivity index (χ2v) is 4.45. The molecule has 6 heteroatoms. The van der Waals surface area contributed by atoms with Gasteiger partial charge in [0.15, 0.2) is 17.5 Å². The fraction of sp³-hybridized carbons (Fsp3) is 0. The number of aromatic nitrogens is 1. The van der Waals surface area contributed by atoms with Crippen LogP contribution in [0.1, 0.15) is 0 Å². The lowest BCUT2D eigenvalue weighted by Crippen LogP contribution is -2.19. The minimum Gasteiger partial charge on any atom is -0.304 e. The van der Waals surface area contributed by atoms with Crippen molar-refractivity contribution in [3.05, 3.63) is 66.2 Å². The molecule has 106 valence electrons. The van der Waals surface area contributed by atoms with Crippen LogP contribution in [-0.2, 0) is 0 Å². The van der Waals surface area contributed by atoms with Crippen LogP contribution in [0.2, 0.25) is 0 Å². The molecule has 2 aromatic carbocycles. The van der Waals surface area contributed by atoms with Gasteiger partial charge in [-0.25, -0.2) is 18.0 Å². The third-order valence-corrected chi connectivity index (χ3v) is 3.06. The van der Waals surface area contributed by atoms with E-state index in [-0.39, 0.29) is 0 Å². The summed E-state index contributed by atoms with van der Waals surface area (Å²) in [7, 11) is 0. The summed E-state index contributed by atoms with van der Waals surface area (Å²) in [4.78, 5) is 12.0. The molecule has 3 nitrogen and oxygen atoms in total. The summed E-state index contributed by atoms with van der Waals surface area (Å²) >= 11 is 0. The number of carbonyl (C=O) groups excluding carboxylic acids is 1. The Morgan fingerprint density at radius 2 is 1.52 bits per heavy atom. The highest BCUT2D eigenvalue weighted by Crippen LogP contribution is 2.20. The Labute approximate surface area is 117 Å². The Balaban J connectivity index is 1.91. The van der Waals surface area contributed by atoms with Gasteiger partial charge < -0.3 is 5.32 Å². The maximum Gasteiger partial charge on any atom is 0.330 e. The first-order chi connectivity index (χ1) is 10.1. The van der Waals surface area contributed by atoms with Crippen molar-refractivity contribution in [1.29, 1.82) is 0 Å². The molecule has 0 saturated heterocycles. The molecular formula is C15H9F3N2O. The van der Waals surface area contributed by atoms with Gasteiger partial charge in [-0.15, -0.1) is 0 Å². The van der Waals surface area contributed by atoms with E-state index in [2.05, 4.69) is 5.32 Å². The van der Waals surface area contributed by atoms with Crippen molar-refractivity contribution in [2.24, 2.45) is 0 Å². The number of fused-ring (bicyclic) bond motifs is 1. The van der Waals surface area contributed by atoms with Crippen molar-refractivity contribution in [1.82, 2.24) is 4.57 Å². The number of anilines is 1. The third kappa shape index (κ3) is 2.35. The molecule has 0 unspecified atom stereocenters. The van der Waals surface area contributed by atoms with Crippen LogP contribution >= 0.6 is 0 Å². The molecule has 0 atom stereocenters. The second-order valence-electron chi connectivity index (χ2n) is 4.45. The zero-order valence-corrected chi connectivity index (χ0v) is 10.6. The molecule has 0 saturated carbocycles. The van der Waals surface area contributed by atoms with Crippen LogP contribution in [-0.4, -0.2) is 10.6 Å². The van der Waals surface area contributed by atoms with E-state index >= 15 is 0 Å². The van der Waals surface area contributed by atoms with Crippen molar-refractivity contribution in [3.63, 3.8) is 0 Å². The van der Waals surface area contributed by atoms with E-state index in [9.17, 15) is 18.0 Å². The van der Waals surface area contributed by atoms with Gasteiger partial charge in [-0.2, -0.15) is 0 Å². The van der Waals surface area contributed by atoms with Crippen LogP contribution in [0, 0.1) is 17.5 Å². The maximum atomic E-state index is 13.5. The first-order valence-electron chi connectivity index (χ1n) is 6.08. The zero-order chi connectivity index (χ0) is 15.0. The zero-order valence-electron chi connectivity index (χ0n) is 10.6. The van der Waals surface area contributed by atoms with Gasteiger partial charge in [0.2, 0.25) is 0 Å². The number of benzene rings is 2. The SMILES string of the molecule is O=C(Nc1ccc(F)c(F)c1F)n1cc2ccccc2c1. The Hall–Kier alpha value is -2.76. The Kier molecular flexibility index (Phi) is 3.13. The molecule has 0 aliphatic carbocycles. The highest BCUT2D eigenvalue weighted by atomic mass is 19.2. The van der Waals surface area contributed by atoms with E-state index < -0.39 is 29.2 Å². The maximum absolute atomic E-state index is 13.5. The molecule has 0 bridgehead atoms. The van der Waals surface area contributed by atoms with E-state index in [1.807, 2.05) is 24.3 Å². The average Bonchev–Trinajstić information content (AvgIpc) is 2.92. The number of rotatable bonds is 1. The molecule has 3 rings (SSSR count). The van der Waals surface area contributed by atoms with Crippen LogP contribution < -0.4 is 5.32 Å². The smallest absolute Gasteiger partial charge is 0.304 e. The van der Waals surface area contributed by atoms with E-state index in [0.717, 1.165) is 22.9 Å². The van der Waals surface area contributed by atoms with Gasteiger partial charge in [0.1, 0.15) is 0 Å². The van der Waals surface area contributed by atoms with Crippen LogP contribution in [0.15, 0.2) is 48.8 Å². The summed E-state index contributed by atoms with van der Waals surface area (Å²) in [5, 5.41) is 3.86. The van der Waals surface area contributed by atoms with E-state index in [1.165, 1.54) is 4.57 Å². The highest BCUT2D eigenvalue weighted by Gasteiger charge is 2.16. The van der Waals surface area contributed by atoms with Crippen LogP contribution in [0.3, 0.4) is 0 Å². The predicted octanol–water partition coefficient (Wildman–Crippen LogP) is 4.14. The molecule has 21 heavy (non-hydrogen) atoms. The molecule has 3 aromatic rings. The van der Waals surface area contributed by atoms with Crippen molar-refractivity contribution < 1.29 is 18.0 Å². The van der Waals surface area contributed by atoms with Gasteiger partial charge in [-0.05, 0) is 22.9 Å². The summed E-state index contributed by atoms with van der Waals surface area (Å²) in [6, 6.07) is 8.32. The Morgan fingerprint density at radius 3 is 2.14 bits per heavy atom. The largest absolute Gasteiger partial charge is 0.330 e. The van der Waals surface area contributed by atoms with Gasteiger partial charge in [-0.1, -0.05) is 24.3 Å². The van der Waals surface area contributed by atoms with E-state index in [4.69, 9.17) is 0 Å². The number of hydrogen-bond acceptors (Lipinski definition) is 1. The summed E-state index contributed by atoms with van der Waals surface area (Å²) in [6.07, 6.45) is 3.12. The topological polar surface area (TPSA) is 34.0 Å². The normalized spacial score (nSPS) is 10.8. The molecule has 0 aliphatic rings. The van der Waals surface area contributed by atoms with Crippen LogP contribution in [0.5, 0.6) is 0 Å². The van der Waals surface area contributed by atoms with Crippen molar-refractivity contribution in [2.45, 2.75) is 0 Å². The van der Waals surface area contributed by atoms with Gasteiger partial charge in [0, 0.05) is 12.4 Å². The summed E-state index contributed by atoms with van der Waals surface area (Å²) in [5.74, 6) is -4.36. The Bertz CT molecular complexity index is 809. The third-order valence-electron chi connectivity index (χ3n) is 3.06. The van der Waals surface area contributed by atoms with Gasteiger partial charge in [0.25, 0.3) is 0 Å². The number of nitrogens with zero attached hydrogens (tertiary/aromatic N) is 1. The van der Waals surface area contributed by atoms with Crippen molar-refractivity contribution >= 4 is 22.5 Å². The van der Waals surface area contributed by atoms with Gasteiger partial charge in [-0.3, -0.25) is 4.57 Å². The van der Waals surface area contributed by atoms with E-state index in [0.29, 0.717) is 0 Å². The fourth-order valence-corrected chi connectivity index (χ4v) is 2.00. The molecule has 1 amide bonds. The minimum absolute atomic E-state index is 0.420. The van der Waals surface area contributed by atoms with Gasteiger partial charge in [0.05, 0.1) is 5.69 Å². The lowest BCUT2D eigenvalue weighted by atomic mass is 10.2. The number of amides is 1. The van der Waals surface area contributed by atoms with Crippen LogP contribution in [0.25, 0.3) is 10.8 Å². The lowest BCUT2D eigenvalue weighted by molar-refractivity contribution is 0.253. The first-order valence-corrected chi connectivity index (χ1v) is 6.08. The van der Waals surface area contributed by atoms with Crippen LogP contribution in [0.4, 0.5) is 23.7 Å². The lowest BCUT2D eigenvalue weighted by Gasteiger charge is -2.07. The molecular weight excluding hydrogens is 281 g/mol. The summed E-state index contributed by atoms with van der Waals surface area (Å²) in [6.45, 7) is 0. The summed E-state index contributed by atoms with van der Waals surface area (Å²) < 4.78 is 40.6. The van der Waals surface area contributed by atoms with Crippen molar-refractivity contribution in [3.8, 4) is 0 Å². The van der Waals surface area contributed by atoms with Gasteiger partial charge >= 0.3 is 6.03 Å².